The van der Waals surface area contributed by atoms with Crippen molar-refractivity contribution in [1.82, 2.24) is 0 Å². The summed E-state index contributed by atoms with van der Waals surface area (Å²) in [7, 11) is 0. The van der Waals surface area contributed by atoms with Gasteiger partial charge < -0.3 is 0 Å². The maximum absolute atomic E-state index is 13.7. The molecule has 0 bridgehead atoms. The predicted octanol–water partition coefficient (Wildman–Crippen LogP) is 5.90. The van der Waals surface area contributed by atoms with Crippen LogP contribution in [0.5, 0.6) is 0 Å². The van der Waals surface area contributed by atoms with Crippen molar-refractivity contribution in [2.45, 2.75) is 4.83 Å². The topological polar surface area (TPSA) is 0 Å². The normalized spacial score (nSPS) is 12.5. The van der Waals surface area contributed by atoms with Crippen LogP contribution >= 0.6 is 39.1 Å². The number of benzene rings is 2. The van der Waals surface area contributed by atoms with E-state index in [0.717, 1.165) is 0 Å². The molecule has 0 aliphatic carbocycles. The summed E-state index contributed by atoms with van der Waals surface area (Å²) in [4.78, 5) is -0.862. The average Bonchev–Trinajstić information content (AvgIpc) is 2.30. The molecule has 0 spiro atoms. The molecule has 1 unspecified atom stereocenters. The molecule has 2 aromatic rings. The van der Waals surface area contributed by atoms with Crippen LogP contribution in [0.15, 0.2) is 30.3 Å². The van der Waals surface area contributed by atoms with Crippen molar-refractivity contribution in [2.75, 3.05) is 0 Å². The number of hydrogen-bond donors (Lipinski definition) is 0. The molecular weight excluding hydrogens is 364 g/mol. The molecule has 0 fully saturated rings. The largest absolute Gasteiger partial charge is 0.207 e. The molecular formula is C13H6BrCl2F3. The molecule has 0 aromatic heterocycles. The molecule has 0 amide bonds. The molecule has 2 aromatic carbocycles. The molecule has 100 valence electrons. The summed E-state index contributed by atoms with van der Waals surface area (Å²) < 4.78 is 40.3. The van der Waals surface area contributed by atoms with Crippen molar-refractivity contribution in [3.63, 3.8) is 0 Å². The lowest BCUT2D eigenvalue weighted by atomic mass is 10.0. The van der Waals surface area contributed by atoms with Crippen molar-refractivity contribution in [1.29, 1.82) is 0 Å². The number of hydrogen-bond acceptors (Lipinski definition) is 0. The first-order valence-corrected chi connectivity index (χ1v) is 6.80. The van der Waals surface area contributed by atoms with E-state index in [-0.39, 0.29) is 5.56 Å². The van der Waals surface area contributed by atoms with Crippen LogP contribution in [0.3, 0.4) is 0 Å². The zero-order valence-corrected chi connectivity index (χ0v) is 12.3. The Balaban J connectivity index is 2.56. The Hall–Kier alpha value is -0.710. The smallest absolute Gasteiger partial charge is 0.133 e. The fourth-order valence-electron chi connectivity index (χ4n) is 1.66. The van der Waals surface area contributed by atoms with Gasteiger partial charge >= 0.3 is 0 Å². The van der Waals surface area contributed by atoms with E-state index in [1.165, 1.54) is 12.1 Å². The summed E-state index contributed by atoms with van der Waals surface area (Å²) in [5.74, 6) is -2.96. The monoisotopic (exact) mass is 368 g/mol. The Bertz CT molecular complexity index is 608. The van der Waals surface area contributed by atoms with Gasteiger partial charge in [-0.2, -0.15) is 0 Å². The molecule has 2 rings (SSSR count). The first-order valence-electron chi connectivity index (χ1n) is 5.13. The molecule has 1 atom stereocenters. The van der Waals surface area contributed by atoms with Crippen molar-refractivity contribution in [3.05, 3.63) is 69.0 Å². The fourth-order valence-corrected chi connectivity index (χ4v) is 3.01. The molecule has 0 aliphatic rings. The molecule has 0 saturated heterocycles. The highest BCUT2D eigenvalue weighted by molar-refractivity contribution is 9.09. The van der Waals surface area contributed by atoms with Gasteiger partial charge in [-0.3, -0.25) is 0 Å². The lowest BCUT2D eigenvalue weighted by Gasteiger charge is -2.14. The van der Waals surface area contributed by atoms with Gasteiger partial charge in [-0.05, 0) is 23.8 Å². The van der Waals surface area contributed by atoms with Gasteiger partial charge in [-0.25, -0.2) is 13.2 Å². The van der Waals surface area contributed by atoms with Crippen LogP contribution in [-0.4, -0.2) is 0 Å². The van der Waals surface area contributed by atoms with Crippen molar-refractivity contribution >= 4 is 39.1 Å². The van der Waals surface area contributed by atoms with Crippen LogP contribution in [0.1, 0.15) is 16.0 Å². The number of halogens is 6. The van der Waals surface area contributed by atoms with Gasteiger partial charge in [0.05, 0.1) is 4.83 Å². The highest BCUT2D eigenvalue weighted by Crippen LogP contribution is 2.39. The Labute approximate surface area is 126 Å². The summed E-state index contributed by atoms with van der Waals surface area (Å²) >= 11 is 15.0. The predicted molar refractivity (Wildman–Crippen MR) is 73.5 cm³/mol. The Morgan fingerprint density at radius 3 is 2.11 bits per heavy atom. The summed E-state index contributed by atoms with van der Waals surface area (Å²) in [6, 6.07) is 5.80. The van der Waals surface area contributed by atoms with E-state index < -0.39 is 22.3 Å². The van der Waals surface area contributed by atoms with Crippen LogP contribution in [0, 0.1) is 17.5 Å². The minimum absolute atomic E-state index is 0.300. The fraction of sp³-hybridized carbons (Fsp3) is 0.0769. The maximum Gasteiger partial charge on any atom is 0.133 e. The molecule has 0 heterocycles. The quantitative estimate of drug-likeness (QED) is 0.578. The third-order valence-electron chi connectivity index (χ3n) is 2.53. The lowest BCUT2D eigenvalue weighted by Crippen LogP contribution is -2.02. The molecule has 0 saturated carbocycles. The van der Waals surface area contributed by atoms with Crippen LogP contribution in [0.4, 0.5) is 13.2 Å². The molecule has 0 nitrogen and oxygen atoms in total. The molecule has 6 heteroatoms. The van der Waals surface area contributed by atoms with Crippen molar-refractivity contribution < 1.29 is 13.2 Å². The van der Waals surface area contributed by atoms with Crippen LogP contribution in [-0.2, 0) is 0 Å². The average molecular weight is 370 g/mol. The van der Waals surface area contributed by atoms with E-state index in [4.69, 9.17) is 23.2 Å². The maximum atomic E-state index is 13.7. The van der Waals surface area contributed by atoms with Crippen LogP contribution in [0.2, 0.25) is 10.0 Å². The van der Waals surface area contributed by atoms with Gasteiger partial charge in [0.1, 0.15) is 17.5 Å². The van der Waals surface area contributed by atoms with E-state index >= 15 is 0 Å². The molecule has 0 aliphatic heterocycles. The van der Waals surface area contributed by atoms with Gasteiger partial charge in [0, 0.05) is 27.7 Å². The summed E-state index contributed by atoms with van der Waals surface area (Å²) in [5.41, 5.74) is 0.0872. The zero-order chi connectivity index (χ0) is 14.2. The minimum Gasteiger partial charge on any atom is -0.207 e. The lowest BCUT2D eigenvalue weighted by molar-refractivity contribution is 0.527. The standard InChI is InChI=1S/C13H6BrCl2F3/c14-13(8-3-6(15)1-2-9(8)16)12-10(18)4-7(17)5-11(12)19/h1-5,13H. The van der Waals surface area contributed by atoms with E-state index in [2.05, 4.69) is 15.9 Å². The summed E-state index contributed by atoms with van der Waals surface area (Å²) in [6.07, 6.45) is 0. The van der Waals surface area contributed by atoms with Gasteiger partial charge in [0.25, 0.3) is 0 Å². The van der Waals surface area contributed by atoms with Crippen molar-refractivity contribution in [3.8, 4) is 0 Å². The second-order valence-electron chi connectivity index (χ2n) is 3.81. The van der Waals surface area contributed by atoms with E-state index in [1.807, 2.05) is 0 Å². The molecule has 0 N–H and O–H groups in total. The second-order valence-corrected chi connectivity index (χ2v) is 5.57. The first kappa shape index (κ1) is 14.7. The van der Waals surface area contributed by atoms with Crippen LogP contribution < -0.4 is 0 Å². The molecule has 0 radical (unpaired) electrons. The Morgan fingerprint density at radius 2 is 1.53 bits per heavy atom. The van der Waals surface area contributed by atoms with Gasteiger partial charge in [0.15, 0.2) is 0 Å². The first-order chi connectivity index (χ1) is 8.90. The highest BCUT2D eigenvalue weighted by Gasteiger charge is 2.22. The van der Waals surface area contributed by atoms with Crippen LogP contribution in [0.25, 0.3) is 0 Å². The number of rotatable bonds is 2. The van der Waals surface area contributed by atoms with E-state index in [9.17, 15) is 13.2 Å². The third-order valence-corrected chi connectivity index (χ3v) is 4.06. The summed E-state index contributed by atoms with van der Waals surface area (Å²) in [5, 5.41) is 0.682. The number of alkyl halides is 1. The van der Waals surface area contributed by atoms with E-state index in [1.54, 1.807) is 6.07 Å². The summed E-state index contributed by atoms with van der Waals surface area (Å²) in [6.45, 7) is 0. The van der Waals surface area contributed by atoms with Gasteiger partial charge in [-0.15, -0.1) is 0 Å². The Morgan fingerprint density at radius 1 is 0.947 bits per heavy atom. The van der Waals surface area contributed by atoms with Crippen molar-refractivity contribution in [2.24, 2.45) is 0 Å². The third kappa shape index (κ3) is 3.07. The van der Waals surface area contributed by atoms with E-state index in [0.29, 0.717) is 27.7 Å². The second kappa shape index (κ2) is 5.73. The minimum atomic E-state index is -0.990. The van der Waals surface area contributed by atoms with Gasteiger partial charge in [0.2, 0.25) is 0 Å². The molecule has 19 heavy (non-hydrogen) atoms. The SMILES string of the molecule is Fc1cc(F)c(C(Br)c2cc(Cl)ccc2Cl)c(F)c1. The zero-order valence-electron chi connectivity index (χ0n) is 9.23. The van der Waals surface area contributed by atoms with Gasteiger partial charge in [-0.1, -0.05) is 39.1 Å². The highest BCUT2D eigenvalue weighted by atomic mass is 79.9. The Kier molecular flexibility index (Phi) is 4.43.